The molecule has 0 saturated carbocycles. The van der Waals surface area contributed by atoms with Crippen LogP contribution in [0.25, 0.3) is 21.3 Å². The van der Waals surface area contributed by atoms with Crippen LogP contribution in [-0.4, -0.2) is 34.0 Å². The summed E-state index contributed by atoms with van der Waals surface area (Å²) in [4.78, 5) is 4.67. The van der Waals surface area contributed by atoms with E-state index in [1.165, 1.54) is 12.1 Å². The maximum absolute atomic E-state index is 11.4. The molecule has 4 aromatic rings. The Morgan fingerprint density at radius 2 is 2.00 bits per heavy atom. The third-order valence-corrected chi connectivity index (χ3v) is 7.30. The lowest BCUT2D eigenvalue weighted by Gasteiger charge is -2.08. The summed E-state index contributed by atoms with van der Waals surface area (Å²) in [7, 11) is -1.82. The average Bonchev–Trinajstić information content (AvgIpc) is 3.16. The number of fused-ring (bicyclic) bond motifs is 3. The van der Waals surface area contributed by atoms with E-state index >= 15 is 0 Å². The maximum atomic E-state index is 11.4. The molecule has 11 heteroatoms. The number of nitrogens with one attached hydrogen (secondary N) is 1. The summed E-state index contributed by atoms with van der Waals surface area (Å²) >= 11 is 3.20. The number of hydrogen-bond donors (Lipinski definition) is 2. The molecule has 4 rings (SSSR count). The zero-order chi connectivity index (χ0) is 19.3. The smallest absolute Gasteiger partial charge is 0.238 e. The number of sulfonamides is 1. The van der Waals surface area contributed by atoms with Gasteiger partial charge in [0, 0.05) is 12.4 Å². The molecule has 0 radical (unpaired) electrons. The summed E-state index contributed by atoms with van der Waals surface area (Å²) in [6, 6.07) is 6.27. The Kier molecular flexibility index (Phi) is 4.34. The van der Waals surface area contributed by atoms with Crippen LogP contribution >= 0.6 is 23.1 Å². The van der Waals surface area contributed by atoms with E-state index in [9.17, 15) is 8.42 Å². The lowest BCUT2D eigenvalue weighted by atomic mass is 10.2. The second kappa shape index (κ2) is 6.44. The summed E-state index contributed by atoms with van der Waals surface area (Å²) in [5, 5.41) is 19.0. The van der Waals surface area contributed by atoms with Crippen LogP contribution in [0.15, 0.2) is 39.7 Å². The van der Waals surface area contributed by atoms with Crippen molar-refractivity contribution in [1.29, 1.82) is 5.41 Å². The van der Waals surface area contributed by atoms with Crippen LogP contribution in [0.3, 0.4) is 0 Å². The van der Waals surface area contributed by atoms with Crippen molar-refractivity contribution in [3.8, 4) is 0 Å². The average molecular weight is 421 g/mol. The monoisotopic (exact) mass is 420 g/mol. The molecule has 3 heterocycles. The number of hydrogen-bond acceptors (Lipinski definition) is 7. The molecule has 27 heavy (non-hydrogen) atoms. The first kappa shape index (κ1) is 18.2. The van der Waals surface area contributed by atoms with Crippen LogP contribution in [-0.2, 0) is 23.6 Å². The molecule has 0 aliphatic rings. The zero-order valence-electron chi connectivity index (χ0n) is 14.5. The molecular weight excluding hydrogens is 404 g/mol. The van der Waals surface area contributed by atoms with Crippen LogP contribution in [0.2, 0.25) is 0 Å². The zero-order valence-corrected chi connectivity index (χ0v) is 17.0. The van der Waals surface area contributed by atoms with Gasteiger partial charge >= 0.3 is 0 Å². The number of aryl methyl sites for hydroxylation is 1. The lowest BCUT2D eigenvalue weighted by molar-refractivity contribution is 0.597. The summed E-state index contributed by atoms with van der Waals surface area (Å²) in [6.45, 7) is 0.349. The van der Waals surface area contributed by atoms with E-state index in [0.717, 1.165) is 31.2 Å². The number of primary sulfonamides is 1. The number of aromatic nitrogens is 4. The third-order valence-electron chi connectivity index (χ3n) is 4.31. The van der Waals surface area contributed by atoms with Gasteiger partial charge in [-0.15, -0.1) is 11.3 Å². The molecule has 0 amide bonds. The molecule has 140 valence electrons. The van der Waals surface area contributed by atoms with Gasteiger partial charge in [-0.3, -0.25) is 5.41 Å². The molecule has 0 aliphatic carbocycles. The minimum absolute atomic E-state index is 0.0594. The van der Waals surface area contributed by atoms with Crippen molar-refractivity contribution < 1.29 is 8.42 Å². The van der Waals surface area contributed by atoms with Crippen molar-refractivity contribution in [2.75, 3.05) is 6.26 Å². The molecule has 0 spiro atoms. The summed E-state index contributed by atoms with van der Waals surface area (Å²) in [5.41, 5.74) is 2.73. The number of nitrogens with two attached hydrogens (primary N) is 1. The molecule has 0 aliphatic heterocycles. The number of rotatable bonds is 4. The van der Waals surface area contributed by atoms with Crippen LogP contribution in [0.1, 0.15) is 5.56 Å². The minimum Gasteiger partial charge on any atom is -0.324 e. The second-order valence-corrected chi connectivity index (χ2v) is 9.61. The molecular formula is C16H16N6O2S3. The van der Waals surface area contributed by atoms with E-state index in [0.29, 0.717) is 6.54 Å². The van der Waals surface area contributed by atoms with Crippen LogP contribution in [0.5, 0.6) is 0 Å². The molecule has 0 bridgehead atoms. The van der Waals surface area contributed by atoms with Crippen LogP contribution in [0, 0.1) is 5.41 Å². The van der Waals surface area contributed by atoms with Gasteiger partial charge < -0.3 is 4.57 Å². The van der Waals surface area contributed by atoms with E-state index in [-0.39, 0.29) is 10.4 Å². The first-order chi connectivity index (χ1) is 12.8. The highest BCUT2D eigenvalue weighted by Gasteiger charge is 2.16. The van der Waals surface area contributed by atoms with Gasteiger partial charge in [-0.05, 0) is 24.0 Å². The second-order valence-electron chi connectivity index (χ2n) is 6.00. The van der Waals surface area contributed by atoms with E-state index in [1.54, 1.807) is 46.1 Å². The number of thiazole rings is 1. The van der Waals surface area contributed by atoms with Crippen LogP contribution in [0.4, 0.5) is 0 Å². The molecule has 0 fully saturated rings. The number of nitrogens with zero attached hydrogens (tertiary/aromatic N) is 4. The number of benzene rings is 1. The summed E-state index contributed by atoms with van der Waals surface area (Å²) in [6.07, 6.45) is 3.75. The molecule has 8 nitrogen and oxygen atoms in total. The maximum Gasteiger partial charge on any atom is 0.238 e. The van der Waals surface area contributed by atoms with E-state index in [2.05, 4.69) is 10.1 Å². The van der Waals surface area contributed by atoms with Gasteiger partial charge in [0.2, 0.25) is 10.0 Å². The minimum atomic E-state index is -3.72. The summed E-state index contributed by atoms with van der Waals surface area (Å²) in [5.74, 6) is 0. The highest BCUT2D eigenvalue weighted by atomic mass is 32.2. The van der Waals surface area contributed by atoms with Gasteiger partial charge in [0.15, 0.2) is 15.5 Å². The van der Waals surface area contributed by atoms with Crippen molar-refractivity contribution in [2.45, 2.75) is 15.8 Å². The molecule has 0 saturated heterocycles. The fourth-order valence-corrected chi connectivity index (χ4v) is 5.08. The predicted molar refractivity (Wildman–Crippen MR) is 106 cm³/mol. The van der Waals surface area contributed by atoms with Gasteiger partial charge in [-0.2, -0.15) is 5.10 Å². The van der Waals surface area contributed by atoms with Crippen molar-refractivity contribution in [2.24, 2.45) is 12.2 Å². The first-order valence-electron chi connectivity index (χ1n) is 7.85. The fraction of sp³-hybridized carbons (Fsp3) is 0.188. The van der Waals surface area contributed by atoms with E-state index in [1.807, 2.05) is 17.9 Å². The van der Waals surface area contributed by atoms with Crippen LogP contribution < -0.4 is 10.6 Å². The topological polar surface area (TPSA) is 120 Å². The van der Waals surface area contributed by atoms with Crippen molar-refractivity contribution >= 4 is 54.4 Å². The van der Waals surface area contributed by atoms with Gasteiger partial charge in [-0.1, -0.05) is 23.9 Å². The van der Waals surface area contributed by atoms with Gasteiger partial charge in [0.25, 0.3) is 0 Å². The Bertz CT molecular complexity index is 1330. The highest BCUT2D eigenvalue weighted by molar-refractivity contribution is 8.00. The van der Waals surface area contributed by atoms with Gasteiger partial charge in [0.05, 0.1) is 27.9 Å². The largest absolute Gasteiger partial charge is 0.324 e. The van der Waals surface area contributed by atoms with Crippen molar-refractivity contribution in [1.82, 2.24) is 19.3 Å². The van der Waals surface area contributed by atoms with Crippen molar-refractivity contribution in [3.63, 3.8) is 0 Å². The van der Waals surface area contributed by atoms with E-state index < -0.39 is 10.0 Å². The standard InChI is InChI=1S/C16H16N6O2S3/c1-21-12-11(13-15(21)20-16(25-2)26-13)7-19-22(14(12)17)8-9-3-5-10(6-4-9)27(18,23)24/h3-7,17H,8H2,1-2H3,(H2,18,23,24). The Hall–Kier alpha value is -2.21. The Morgan fingerprint density at radius 3 is 2.63 bits per heavy atom. The van der Waals surface area contributed by atoms with Gasteiger partial charge in [0.1, 0.15) is 0 Å². The fourth-order valence-electron chi connectivity index (χ4n) is 2.97. The Balaban J connectivity index is 1.78. The van der Waals surface area contributed by atoms with Crippen molar-refractivity contribution in [3.05, 3.63) is 41.5 Å². The Labute approximate surface area is 163 Å². The number of thioether (sulfide) groups is 1. The predicted octanol–water partition coefficient (Wildman–Crippen LogP) is 1.88. The Morgan fingerprint density at radius 1 is 1.30 bits per heavy atom. The molecule has 1 aromatic carbocycles. The quantitative estimate of drug-likeness (QED) is 0.489. The molecule has 0 unspecified atom stereocenters. The normalized spacial score (nSPS) is 12.3. The lowest BCUT2D eigenvalue weighted by Crippen LogP contribution is -2.24. The highest BCUT2D eigenvalue weighted by Crippen LogP contribution is 2.34. The summed E-state index contributed by atoms with van der Waals surface area (Å²) < 4.78 is 28.2. The SMILES string of the molecule is CSc1nc2c(s1)c1cnn(Cc3ccc(S(N)(=O)=O)cc3)c(=N)c1n2C. The van der Waals surface area contributed by atoms with E-state index in [4.69, 9.17) is 10.5 Å². The van der Waals surface area contributed by atoms with Gasteiger partial charge in [-0.25, -0.2) is 23.2 Å². The molecule has 0 atom stereocenters. The first-order valence-corrected chi connectivity index (χ1v) is 11.4. The molecule has 3 N–H and O–H groups in total. The third kappa shape index (κ3) is 3.06. The molecule has 3 aromatic heterocycles.